The van der Waals surface area contributed by atoms with Crippen LogP contribution in [0.25, 0.3) is 0 Å². The van der Waals surface area contributed by atoms with Gasteiger partial charge in [-0.15, -0.1) is 24.0 Å². The number of benzene rings is 1. The third-order valence-corrected chi connectivity index (χ3v) is 5.52. The normalized spacial score (nSPS) is 14.8. The van der Waals surface area contributed by atoms with Crippen molar-refractivity contribution in [2.75, 3.05) is 38.5 Å². The largest absolute Gasteiger partial charge is 0.492 e. The van der Waals surface area contributed by atoms with Gasteiger partial charge in [-0.3, -0.25) is 4.99 Å². The first-order chi connectivity index (χ1) is 12.6. The summed E-state index contributed by atoms with van der Waals surface area (Å²) in [6.45, 7) is 4.52. The van der Waals surface area contributed by atoms with Crippen LogP contribution in [0.2, 0.25) is 0 Å². The molecule has 1 fully saturated rings. The van der Waals surface area contributed by atoms with Gasteiger partial charge in [-0.2, -0.15) is 0 Å². The lowest BCUT2D eigenvalue weighted by molar-refractivity contribution is 0.316. The molecule has 1 aromatic carbocycles. The van der Waals surface area contributed by atoms with E-state index in [2.05, 4.69) is 20.3 Å². The maximum absolute atomic E-state index is 12.0. The standard InChI is InChI=1S/C18H30N4O3S.HI/c1-2-19-18(20-11-13-25-17-9-4-3-5-10-17)21-12-14-26(23,24)22-15-16-7-6-8-16;/h3-5,9-10,16,22H,2,6-8,11-15H2,1H3,(H2,19,20,21);1H. The zero-order valence-electron chi connectivity index (χ0n) is 15.8. The first kappa shape index (κ1) is 24.0. The van der Waals surface area contributed by atoms with Crippen molar-refractivity contribution in [2.24, 2.45) is 10.9 Å². The maximum atomic E-state index is 12.0. The molecule has 0 radical (unpaired) electrons. The highest BCUT2D eigenvalue weighted by Crippen LogP contribution is 2.25. The number of nitrogens with zero attached hydrogens (tertiary/aromatic N) is 1. The number of nitrogens with one attached hydrogen (secondary N) is 3. The molecule has 1 saturated carbocycles. The number of halogens is 1. The fourth-order valence-corrected chi connectivity index (χ4v) is 3.45. The molecule has 0 aromatic heterocycles. The van der Waals surface area contributed by atoms with Crippen molar-refractivity contribution in [1.29, 1.82) is 0 Å². The number of ether oxygens (including phenoxy) is 1. The fraction of sp³-hybridized carbons (Fsp3) is 0.611. The molecule has 1 aromatic rings. The molecule has 0 unspecified atom stereocenters. The molecule has 154 valence electrons. The number of hydrogen-bond acceptors (Lipinski definition) is 4. The lowest BCUT2D eigenvalue weighted by atomic mass is 9.86. The van der Waals surface area contributed by atoms with Crippen LogP contribution in [0.4, 0.5) is 0 Å². The van der Waals surface area contributed by atoms with Gasteiger partial charge in [0.05, 0.1) is 18.8 Å². The van der Waals surface area contributed by atoms with Crippen LogP contribution in [-0.4, -0.2) is 52.9 Å². The first-order valence-corrected chi connectivity index (χ1v) is 10.9. The first-order valence-electron chi connectivity index (χ1n) is 9.26. The second-order valence-electron chi connectivity index (χ2n) is 6.31. The van der Waals surface area contributed by atoms with Gasteiger partial charge in [-0.25, -0.2) is 13.1 Å². The molecule has 1 aliphatic rings. The molecule has 0 aliphatic heterocycles. The van der Waals surface area contributed by atoms with Crippen molar-refractivity contribution < 1.29 is 13.2 Å². The van der Waals surface area contributed by atoms with Gasteiger partial charge in [-0.05, 0) is 37.8 Å². The van der Waals surface area contributed by atoms with E-state index < -0.39 is 10.0 Å². The van der Waals surface area contributed by atoms with Crippen LogP contribution in [0.1, 0.15) is 26.2 Å². The summed E-state index contributed by atoms with van der Waals surface area (Å²) in [7, 11) is -3.26. The van der Waals surface area contributed by atoms with Crippen molar-refractivity contribution in [1.82, 2.24) is 15.4 Å². The maximum Gasteiger partial charge on any atom is 0.213 e. The minimum atomic E-state index is -3.26. The van der Waals surface area contributed by atoms with Crippen molar-refractivity contribution in [3.8, 4) is 5.75 Å². The van der Waals surface area contributed by atoms with Crippen molar-refractivity contribution in [3.05, 3.63) is 30.3 Å². The number of hydrogen-bond donors (Lipinski definition) is 3. The molecular formula is C18H31IN4O3S. The number of para-hydroxylation sites is 1. The van der Waals surface area contributed by atoms with Gasteiger partial charge in [-0.1, -0.05) is 24.6 Å². The molecule has 0 heterocycles. The van der Waals surface area contributed by atoms with Crippen LogP contribution in [0, 0.1) is 5.92 Å². The highest BCUT2D eigenvalue weighted by atomic mass is 127. The molecule has 0 spiro atoms. The Hall–Kier alpha value is -1.07. The number of aliphatic imine (C=N–C) groups is 1. The van der Waals surface area contributed by atoms with Crippen molar-refractivity contribution in [2.45, 2.75) is 26.2 Å². The van der Waals surface area contributed by atoms with Gasteiger partial charge in [0.2, 0.25) is 10.0 Å². The SMILES string of the molecule is CCNC(=NCCS(=O)(=O)NCC1CCC1)NCCOc1ccccc1.I. The highest BCUT2D eigenvalue weighted by molar-refractivity contribution is 14.0. The summed E-state index contributed by atoms with van der Waals surface area (Å²) in [5, 5.41) is 6.25. The highest BCUT2D eigenvalue weighted by Gasteiger charge is 2.19. The van der Waals surface area contributed by atoms with Gasteiger partial charge in [0.1, 0.15) is 12.4 Å². The smallest absolute Gasteiger partial charge is 0.213 e. The summed E-state index contributed by atoms with van der Waals surface area (Å²) < 4.78 is 32.3. The number of rotatable bonds is 11. The van der Waals surface area contributed by atoms with E-state index in [-0.39, 0.29) is 36.3 Å². The predicted molar refractivity (Wildman–Crippen MR) is 120 cm³/mol. The third kappa shape index (κ3) is 10.2. The predicted octanol–water partition coefficient (Wildman–Crippen LogP) is 1.96. The summed E-state index contributed by atoms with van der Waals surface area (Å²) in [4.78, 5) is 4.32. The zero-order valence-corrected chi connectivity index (χ0v) is 19.0. The molecule has 0 amide bonds. The third-order valence-electron chi connectivity index (χ3n) is 4.20. The summed E-state index contributed by atoms with van der Waals surface area (Å²) in [6.07, 6.45) is 3.46. The summed E-state index contributed by atoms with van der Waals surface area (Å²) in [5.41, 5.74) is 0. The topological polar surface area (TPSA) is 91.8 Å². The van der Waals surface area contributed by atoms with Crippen LogP contribution < -0.4 is 20.1 Å². The molecule has 0 saturated heterocycles. The molecule has 2 rings (SSSR count). The van der Waals surface area contributed by atoms with Gasteiger partial charge in [0.25, 0.3) is 0 Å². The summed E-state index contributed by atoms with van der Waals surface area (Å²) >= 11 is 0. The van der Waals surface area contributed by atoms with Gasteiger partial charge >= 0.3 is 0 Å². The Bertz CT molecular complexity index is 652. The van der Waals surface area contributed by atoms with Gasteiger partial charge in [0, 0.05) is 13.1 Å². The van der Waals surface area contributed by atoms with E-state index in [9.17, 15) is 8.42 Å². The van der Waals surface area contributed by atoms with Crippen LogP contribution in [0.5, 0.6) is 5.75 Å². The molecule has 9 heteroatoms. The van der Waals surface area contributed by atoms with E-state index in [1.807, 2.05) is 37.3 Å². The van der Waals surface area contributed by atoms with Crippen LogP contribution in [0.3, 0.4) is 0 Å². The molecule has 0 bridgehead atoms. The Balaban J connectivity index is 0.00000364. The van der Waals surface area contributed by atoms with E-state index in [4.69, 9.17) is 4.74 Å². The van der Waals surface area contributed by atoms with E-state index in [0.717, 1.165) is 18.6 Å². The minimum absolute atomic E-state index is 0. The molecule has 7 nitrogen and oxygen atoms in total. The fourth-order valence-electron chi connectivity index (χ4n) is 2.49. The Morgan fingerprint density at radius 1 is 1.22 bits per heavy atom. The molecule has 1 aliphatic carbocycles. The van der Waals surface area contributed by atoms with Crippen LogP contribution in [-0.2, 0) is 10.0 Å². The summed E-state index contributed by atoms with van der Waals surface area (Å²) in [5.74, 6) is 1.92. The van der Waals surface area contributed by atoms with E-state index in [1.165, 1.54) is 6.42 Å². The molecular weight excluding hydrogens is 479 g/mol. The van der Waals surface area contributed by atoms with Crippen LogP contribution >= 0.6 is 24.0 Å². The second-order valence-corrected chi connectivity index (χ2v) is 8.24. The monoisotopic (exact) mass is 510 g/mol. The lowest BCUT2D eigenvalue weighted by Crippen LogP contribution is -2.40. The average Bonchev–Trinajstić information content (AvgIpc) is 2.58. The zero-order chi connectivity index (χ0) is 18.7. The van der Waals surface area contributed by atoms with E-state index in [1.54, 1.807) is 0 Å². The Morgan fingerprint density at radius 2 is 1.96 bits per heavy atom. The van der Waals surface area contributed by atoms with Crippen molar-refractivity contribution in [3.63, 3.8) is 0 Å². The number of guanidine groups is 1. The molecule has 0 atom stereocenters. The van der Waals surface area contributed by atoms with Gasteiger partial charge in [0.15, 0.2) is 5.96 Å². The lowest BCUT2D eigenvalue weighted by Gasteiger charge is -2.25. The van der Waals surface area contributed by atoms with E-state index in [0.29, 0.717) is 38.1 Å². The van der Waals surface area contributed by atoms with E-state index >= 15 is 0 Å². The quantitative estimate of drug-likeness (QED) is 0.183. The van der Waals surface area contributed by atoms with Gasteiger partial charge < -0.3 is 15.4 Å². The van der Waals surface area contributed by atoms with Crippen molar-refractivity contribution >= 4 is 40.0 Å². The Kier molecular flexibility index (Phi) is 11.7. The van der Waals surface area contributed by atoms with Crippen LogP contribution in [0.15, 0.2) is 35.3 Å². The second kappa shape index (κ2) is 13.2. The minimum Gasteiger partial charge on any atom is -0.492 e. The Labute approximate surface area is 179 Å². The summed E-state index contributed by atoms with van der Waals surface area (Å²) in [6, 6.07) is 9.60. The number of sulfonamides is 1. The average molecular weight is 510 g/mol. The molecule has 3 N–H and O–H groups in total. The molecule has 27 heavy (non-hydrogen) atoms. The Morgan fingerprint density at radius 3 is 2.59 bits per heavy atom.